The van der Waals surface area contributed by atoms with Gasteiger partial charge in [-0.15, -0.1) is 0 Å². The molecule has 0 saturated carbocycles. The van der Waals surface area contributed by atoms with Crippen LogP contribution in [0.15, 0.2) is 47.2 Å². The van der Waals surface area contributed by atoms with Gasteiger partial charge >= 0.3 is 0 Å². The van der Waals surface area contributed by atoms with E-state index in [2.05, 4.69) is 5.32 Å². The molecule has 82 valence electrons. The number of hydrogen-bond acceptors (Lipinski definition) is 1. The van der Waals surface area contributed by atoms with Crippen LogP contribution >= 0.6 is 0 Å². The van der Waals surface area contributed by atoms with Gasteiger partial charge in [-0.3, -0.25) is 4.79 Å². The van der Waals surface area contributed by atoms with E-state index in [-0.39, 0.29) is 5.91 Å². The number of nitrogens with one attached hydrogen (secondary N) is 1. The van der Waals surface area contributed by atoms with Crippen molar-refractivity contribution in [1.29, 1.82) is 0 Å². The average Bonchev–Trinajstić information content (AvgIpc) is 2.55. The van der Waals surface area contributed by atoms with Crippen LogP contribution in [0.4, 0.5) is 0 Å². The third-order valence-electron chi connectivity index (χ3n) is 2.84. The summed E-state index contributed by atoms with van der Waals surface area (Å²) in [6.45, 7) is 4.00. The summed E-state index contributed by atoms with van der Waals surface area (Å²) in [4.78, 5) is 11.6. The van der Waals surface area contributed by atoms with Gasteiger partial charge in [0, 0.05) is 11.3 Å². The second-order valence-electron chi connectivity index (χ2n) is 3.88. The molecule has 1 aliphatic rings. The standard InChI is InChI=1S/C14H15NO/c1-3-12-10(2)13(15-14(12)16)9-11-7-5-4-6-8-11/h4-9H,3H2,1-2H3,(H,15,16)/b13-9-. The predicted molar refractivity (Wildman–Crippen MR) is 65.6 cm³/mol. The van der Waals surface area contributed by atoms with Crippen molar-refractivity contribution >= 4 is 12.0 Å². The fourth-order valence-electron chi connectivity index (χ4n) is 1.91. The summed E-state index contributed by atoms with van der Waals surface area (Å²) in [5.41, 5.74) is 3.99. The quantitative estimate of drug-likeness (QED) is 0.804. The zero-order valence-corrected chi connectivity index (χ0v) is 9.58. The minimum atomic E-state index is 0.0437. The molecule has 1 amide bonds. The first-order valence-corrected chi connectivity index (χ1v) is 5.50. The molecule has 0 atom stereocenters. The number of rotatable bonds is 2. The van der Waals surface area contributed by atoms with Crippen molar-refractivity contribution in [3.8, 4) is 0 Å². The fraction of sp³-hybridized carbons (Fsp3) is 0.214. The molecule has 2 heteroatoms. The number of carbonyl (C=O) groups is 1. The molecule has 1 aromatic carbocycles. The highest BCUT2D eigenvalue weighted by Crippen LogP contribution is 2.23. The Bertz CT molecular complexity index is 469. The summed E-state index contributed by atoms with van der Waals surface area (Å²) < 4.78 is 0. The molecule has 0 aromatic heterocycles. The van der Waals surface area contributed by atoms with Crippen LogP contribution in [0.25, 0.3) is 6.08 Å². The van der Waals surface area contributed by atoms with E-state index in [1.165, 1.54) is 0 Å². The van der Waals surface area contributed by atoms with Gasteiger partial charge < -0.3 is 5.32 Å². The lowest BCUT2D eigenvalue weighted by Gasteiger charge is -2.00. The van der Waals surface area contributed by atoms with Gasteiger partial charge in [0.25, 0.3) is 5.91 Å². The van der Waals surface area contributed by atoms with Crippen molar-refractivity contribution in [2.45, 2.75) is 20.3 Å². The highest BCUT2D eigenvalue weighted by atomic mass is 16.1. The van der Waals surface area contributed by atoms with Crippen molar-refractivity contribution in [2.75, 3.05) is 0 Å². The highest BCUT2D eigenvalue weighted by molar-refractivity contribution is 6.01. The molecule has 2 rings (SSSR count). The molecule has 2 nitrogen and oxygen atoms in total. The number of carbonyl (C=O) groups excluding carboxylic acids is 1. The van der Waals surface area contributed by atoms with Crippen LogP contribution in [-0.2, 0) is 4.79 Å². The maximum atomic E-state index is 11.6. The van der Waals surface area contributed by atoms with Gasteiger partial charge in [-0.25, -0.2) is 0 Å². The molecule has 0 spiro atoms. The van der Waals surface area contributed by atoms with Crippen LogP contribution in [0.5, 0.6) is 0 Å². The number of allylic oxidation sites excluding steroid dienone is 1. The predicted octanol–water partition coefficient (Wildman–Crippen LogP) is 2.88. The van der Waals surface area contributed by atoms with Crippen molar-refractivity contribution in [2.24, 2.45) is 0 Å². The molecular formula is C14H15NO. The monoisotopic (exact) mass is 213 g/mol. The van der Waals surface area contributed by atoms with E-state index in [0.717, 1.165) is 28.8 Å². The Morgan fingerprint density at radius 2 is 1.94 bits per heavy atom. The minimum absolute atomic E-state index is 0.0437. The van der Waals surface area contributed by atoms with E-state index in [9.17, 15) is 4.79 Å². The van der Waals surface area contributed by atoms with Crippen molar-refractivity contribution < 1.29 is 4.79 Å². The maximum absolute atomic E-state index is 11.6. The van der Waals surface area contributed by atoms with Crippen LogP contribution in [0, 0.1) is 0 Å². The van der Waals surface area contributed by atoms with E-state index in [1.54, 1.807) is 0 Å². The van der Waals surface area contributed by atoms with E-state index >= 15 is 0 Å². The van der Waals surface area contributed by atoms with Crippen LogP contribution in [0.3, 0.4) is 0 Å². The summed E-state index contributed by atoms with van der Waals surface area (Å²) >= 11 is 0. The van der Waals surface area contributed by atoms with Crippen molar-refractivity contribution in [1.82, 2.24) is 5.32 Å². The number of hydrogen-bond donors (Lipinski definition) is 1. The van der Waals surface area contributed by atoms with Gasteiger partial charge in [-0.2, -0.15) is 0 Å². The molecule has 1 aromatic rings. The van der Waals surface area contributed by atoms with Gasteiger partial charge in [-0.1, -0.05) is 37.3 Å². The third kappa shape index (κ3) is 1.91. The van der Waals surface area contributed by atoms with Crippen LogP contribution < -0.4 is 5.32 Å². The van der Waals surface area contributed by atoms with Gasteiger partial charge in [0.1, 0.15) is 0 Å². The van der Waals surface area contributed by atoms with E-state index in [4.69, 9.17) is 0 Å². The summed E-state index contributed by atoms with van der Waals surface area (Å²) in [5, 5.41) is 2.90. The molecular weight excluding hydrogens is 198 g/mol. The second-order valence-corrected chi connectivity index (χ2v) is 3.88. The average molecular weight is 213 g/mol. The molecule has 1 aliphatic heterocycles. The SMILES string of the molecule is CCC1=C(C)/C(=C/c2ccccc2)NC1=O. The Kier molecular flexibility index (Phi) is 2.91. The van der Waals surface area contributed by atoms with E-state index in [0.29, 0.717) is 0 Å². The number of benzene rings is 1. The molecule has 1 N–H and O–H groups in total. The molecule has 1 heterocycles. The molecule has 0 saturated heterocycles. The molecule has 0 unspecified atom stereocenters. The largest absolute Gasteiger partial charge is 0.322 e. The van der Waals surface area contributed by atoms with Crippen LogP contribution in [0.2, 0.25) is 0 Å². The normalized spacial score (nSPS) is 18.1. The molecule has 0 bridgehead atoms. The molecule has 0 aliphatic carbocycles. The van der Waals surface area contributed by atoms with Crippen molar-refractivity contribution in [3.05, 3.63) is 52.7 Å². The topological polar surface area (TPSA) is 29.1 Å². The van der Waals surface area contributed by atoms with Gasteiger partial charge in [0.2, 0.25) is 0 Å². The first-order chi connectivity index (χ1) is 7.72. The van der Waals surface area contributed by atoms with Gasteiger partial charge in [0.15, 0.2) is 0 Å². The zero-order chi connectivity index (χ0) is 11.5. The molecule has 0 radical (unpaired) electrons. The molecule has 16 heavy (non-hydrogen) atoms. The Labute approximate surface area is 95.7 Å². The highest BCUT2D eigenvalue weighted by Gasteiger charge is 2.21. The first kappa shape index (κ1) is 10.7. The lowest BCUT2D eigenvalue weighted by Crippen LogP contribution is -2.15. The van der Waals surface area contributed by atoms with Crippen molar-refractivity contribution in [3.63, 3.8) is 0 Å². The van der Waals surface area contributed by atoms with Gasteiger partial charge in [0.05, 0.1) is 0 Å². The maximum Gasteiger partial charge on any atom is 0.251 e. The third-order valence-corrected chi connectivity index (χ3v) is 2.84. The Morgan fingerprint density at radius 3 is 2.50 bits per heavy atom. The number of amides is 1. The van der Waals surface area contributed by atoms with Crippen LogP contribution in [-0.4, -0.2) is 5.91 Å². The van der Waals surface area contributed by atoms with Gasteiger partial charge in [-0.05, 0) is 30.6 Å². The summed E-state index contributed by atoms with van der Waals surface area (Å²) in [7, 11) is 0. The lowest BCUT2D eigenvalue weighted by atomic mass is 10.1. The smallest absolute Gasteiger partial charge is 0.251 e. The van der Waals surface area contributed by atoms with Crippen LogP contribution in [0.1, 0.15) is 25.8 Å². The van der Waals surface area contributed by atoms with E-state index in [1.807, 2.05) is 50.3 Å². The summed E-state index contributed by atoms with van der Waals surface area (Å²) in [5.74, 6) is 0.0437. The Balaban J connectivity index is 2.35. The zero-order valence-electron chi connectivity index (χ0n) is 9.58. The summed E-state index contributed by atoms with van der Waals surface area (Å²) in [6, 6.07) is 10.0. The fourth-order valence-corrected chi connectivity index (χ4v) is 1.91. The Morgan fingerprint density at radius 1 is 1.25 bits per heavy atom. The molecule has 0 fully saturated rings. The first-order valence-electron chi connectivity index (χ1n) is 5.50. The Hall–Kier alpha value is -1.83. The minimum Gasteiger partial charge on any atom is -0.322 e. The summed E-state index contributed by atoms with van der Waals surface area (Å²) in [6.07, 6.45) is 2.79. The van der Waals surface area contributed by atoms with E-state index < -0.39 is 0 Å². The second kappa shape index (κ2) is 4.35. The lowest BCUT2D eigenvalue weighted by molar-refractivity contribution is -0.116.